The summed E-state index contributed by atoms with van der Waals surface area (Å²) < 4.78 is 0. The number of rotatable bonds is 5. The van der Waals surface area contributed by atoms with Gasteiger partial charge in [0, 0.05) is 12.5 Å². The highest BCUT2D eigenvalue weighted by Gasteiger charge is 2.07. The predicted molar refractivity (Wildman–Crippen MR) is 63.1 cm³/mol. The average molecular weight is 216 g/mol. The van der Waals surface area contributed by atoms with E-state index < -0.39 is 0 Å². The number of carbonyl (C=O) groups excluding carboxylic acids is 1. The Kier molecular flexibility index (Phi) is 7.38. The van der Waals surface area contributed by atoms with Crippen LogP contribution < -0.4 is 10.6 Å². The van der Waals surface area contributed by atoms with Gasteiger partial charge in [-0.25, -0.2) is 0 Å². The molecule has 1 amide bonds. The van der Waals surface area contributed by atoms with Gasteiger partial charge in [-0.3, -0.25) is 4.79 Å². The van der Waals surface area contributed by atoms with E-state index in [9.17, 15) is 4.79 Å². The first-order valence-electron chi connectivity index (χ1n) is 5.16. The number of hydrogen-bond donors (Lipinski definition) is 2. The standard InChI is InChI=1S/C10H20N2OS/c1-4-5-6-7-11-10(14)12-9(13)8(2)3/h8H,4-7H2,1-3H3,(H2,11,12,13,14). The summed E-state index contributed by atoms with van der Waals surface area (Å²) in [4.78, 5) is 11.2. The molecule has 0 aromatic rings. The molecule has 82 valence electrons. The molecule has 0 bridgehead atoms. The van der Waals surface area contributed by atoms with Crippen molar-refractivity contribution in [2.45, 2.75) is 40.0 Å². The minimum atomic E-state index is -0.0296. The van der Waals surface area contributed by atoms with E-state index in [0.717, 1.165) is 13.0 Å². The molecule has 14 heavy (non-hydrogen) atoms. The van der Waals surface area contributed by atoms with Crippen molar-refractivity contribution in [2.75, 3.05) is 6.54 Å². The van der Waals surface area contributed by atoms with Crippen LogP contribution in [0.3, 0.4) is 0 Å². The number of unbranched alkanes of at least 4 members (excludes halogenated alkanes) is 2. The molecule has 0 fully saturated rings. The van der Waals surface area contributed by atoms with Gasteiger partial charge in [0.2, 0.25) is 5.91 Å². The fourth-order valence-electron chi connectivity index (χ4n) is 0.877. The highest BCUT2D eigenvalue weighted by molar-refractivity contribution is 7.80. The summed E-state index contributed by atoms with van der Waals surface area (Å²) in [6, 6.07) is 0. The Morgan fingerprint density at radius 1 is 1.36 bits per heavy atom. The smallest absolute Gasteiger partial charge is 0.228 e. The van der Waals surface area contributed by atoms with Gasteiger partial charge in [0.25, 0.3) is 0 Å². The van der Waals surface area contributed by atoms with Gasteiger partial charge in [-0.2, -0.15) is 0 Å². The Hall–Kier alpha value is -0.640. The number of thiocarbonyl (C=S) groups is 1. The molecular weight excluding hydrogens is 196 g/mol. The van der Waals surface area contributed by atoms with Gasteiger partial charge >= 0.3 is 0 Å². The maximum absolute atomic E-state index is 11.2. The lowest BCUT2D eigenvalue weighted by molar-refractivity contribution is -0.122. The minimum absolute atomic E-state index is 0.0228. The molecule has 0 aromatic heterocycles. The number of amides is 1. The zero-order valence-electron chi connectivity index (χ0n) is 9.22. The van der Waals surface area contributed by atoms with E-state index in [0.29, 0.717) is 5.11 Å². The van der Waals surface area contributed by atoms with Gasteiger partial charge in [-0.1, -0.05) is 33.6 Å². The first-order valence-corrected chi connectivity index (χ1v) is 5.57. The average Bonchev–Trinajstić information content (AvgIpc) is 2.12. The molecule has 0 saturated heterocycles. The Morgan fingerprint density at radius 3 is 2.50 bits per heavy atom. The van der Waals surface area contributed by atoms with Crippen molar-refractivity contribution in [2.24, 2.45) is 5.92 Å². The predicted octanol–water partition coefficient (Wildman–Crippen LogP) is 1.82. The SMILES string of the molecule is CCCCCNC(=S)NC(=O)C(C)C. The van der Waals surface area contributed by atoms with E-state index in [1.807, 2.05) is 13.8 Å². The van der Waals surface area contributed by atoms with Gasteiger partial charge in [0.1, 0.15) is 0 Å². The summed E-state index contributed by atoms with van der Waals surface area (Å²) in [6.45, 7) is 6.67. The second-order valence-corrected chi connectivity index (χ2v) is 4.02. The zero-order valence-corrected chi connectivity index (χ0v) is 10.0. The molecule has 0 heterocycles. The van der Waals surface area contributed by atoms with E-state index in [1.165, 1.54) is 12.8 Å². The highest BCUT2D eigenvalue weighted by Crippen LogP contribution is 1.92. The fourth-order valence-corrected chi connectivity index (χ4v) is 1.08. The zero-order chi connectivity index (χ0) is 11.0. The molecule has 0 radical (unpaired) electrons. The third kappa shape index (κ3) is 6.83. The number of hydrogen-bond acceptors (Lipinski definition) is 2. The molecule has 0 unspecified atom stereocenters. The normalized spacial score (nSPS) is 10.0. The Balaban J connectivity index is 3.51. The molecule has 0 spiro atoms. The lowest BCUT2D eigenvalue weighted by atomic mass is 10.2. The van der Waals surface area contributed by atoms with Gasteiger partial charge < -0.3 is 10.6 Å². The molecule has 0 rings (SSSR count). The summed E-state index contributed by atoms with van der Waals surface area (Å²) in [5.41, 5.74) is 0. The molecule has 0 saturated carbocycles. The highest BCUT2D eigenvalue weighted by atomic mass is 32.1. The van der Waals surface area contributed by atoms with E-state index in [4.69, 9.17) is 12.2 Å². The molecular formula is C10H20N2OS. The molecule has 0 aromatic carbocycles. The quantitative estimate of drug-likeness (QED) is 0.544. The third-order valence-corrected chi connectivity index (χ3v) is 2.07. The van der Waals surface area contributed by atoms with Crippen LogP contribution in [0.1, 0.15) is 40.0 Å². The van der Waals surface area contributed by atoms with Crippen molar-refractivity contribution < 1.29 is 4.79 Å². The van der Waals surface area contributed by atoms with Crippen LogP contribution in [0.2, 0.25) is 0 Å². The lowest BCUT2D eigenvalue weighted by Gasteiger charge is -2.10. The first-order chi connectivity index (χ1) is 6.57. The van der Waals surface area contributed by atoms with E-state index in [-0.39, 0.29) is 11.8 Å². The van der Waals surface area contributed by atoms with Crippen LogP contribution >= 0.6 is 12.2 Å². The Morgan fingerprint density at radius 2 is 2.00 bits per heavy atom. The van der Waals surface area contributed by atoms with Crippen LogP contribution in [0.4, 0.5) is 0 Å². The van der Waals surface area contributed by atoms with Crippen LogP contribution in [0.25, 0.3) is 0 Å². The molecule has 0 aliphatic heterocycles. The molecule has 0 aliphatic rings. The summed E-state index contributed by atoms with van der Waals surface area (Å²) >= 11 is 4.96. The molecule has 3 nitrogen and oxygen atoms in total. The topological polar surface area (TPSA) is 41.1 Å². The van der Waals surface area contributed by atoms with Gasteiger partial charge in [-0.05, 0) is 18.6 Å². The van der Waals surface area contributed by atoms with Crippen molar-refractivity contribution in [3.8, 4) is 0 Å². The number of carbonyl (C=O) groups is 1. The van der Waals surface area contributed by atoms with Crippen LogP contribution in [-0.2, 0) is 4.79 Å². The summed E-state index contributed by atoms with van der Waals surface area (Å²) in [5, 5.41) is 6.08. The van der Waals surface area contributed by atoms with Gasteiger partial charge in [0.05, 0.1) is 0 Å². The van der Waals surface area contributed by atoms with E-state index >= 15 is 0 Å². The maximum atomic E-state index is 11.2. The second kappa shape index (κ2) is 7.74. The summed E-state index contributed by atoms with van der Waals surface area (Å²) in [5.74, 6) is -0.0524. The van der Waals surface area contributed by atoms with Crippen LogP contribution in [0, 0.1) is 5.92 Å². The summed E-state index contributed by atoms with van der Waals surface area (Å²) in [6.07, 6.45) is 3.47. The van der Waals surface area contributed by atoms with Crippen molar-refractivity contribution in [1.29, 1.82) is 0 Å². The van der Waals surface area contributed by atoms with Crippen molar-refractivity contribution in [1.82, 2.24) is 10.6 Å². The van der Waals surface area contributed by atoms with Crippen LogP contribution in [0.5, 0.6) is 0 Å². The van der Waals surface area contributed by atoms with E-state index in [1.54, 1.807) is 0 Å². The lowest BCUT2D eigenvalue weighted by Crippen LogP contribution is -2.41. The Labute approximate surface area is 91.6 Å². The third-order valence-electron chi connectivity index (χ3n) is 1.83. The largest absolute Gasteiger partial charge is 0.362 e. The fraction of sp³-hybridized carbons (Fsp3) is 0.800. The second-order valence-electron chi connectivity index (χ2n) is 3.61. The van der Waals surface area contributed by atoms with Gasteiger partial charge in [-0.15, -0.1) is 0 Å². The monoisotopic (exact) mass is 216 g/mol. The van der Waals surface area contributed by atoms with Gasteiger partial charge in [0.15, 0.2) is 5.11 Å². The van der Waals surface area contributed by atoms with Crippen molar-refractivity contribution in [3.05, 3.63) is 0 Å². The molecule has 0 atom stereocenters. The molecule has 0 aliphatic carbocycles. The van der Waals surface area contributed by atoms with Crippen molar-refractivity contribution >= 4 is 23.2 Å². The van der Waals surface area contributed by atoms with E-state index in [2.05, 4.69) is 17.6 Å². The molecule has 4 heteroatoms. The minimum Gasteiger partial charge on any atom is -0.362 e. The van der Waals surface area contributed by atoms with Crippen LogP contribution in [0.15, 0.2) is 0 Å². The summed E-state index contributed by atoms with van der Waals surface area (Å²) in [7, 11) is 0. The van der Waals surface area contributed by atoms with Crippen molar-refractivity contribution in [3.63, 3.8) is 0 Å². The molecule has 2 N–H and O–H groups in total. The Bertz CT molecular complexity index is 193. The maximum Gasteiger partial charge on any atom is 0.228 e. The van der Waals surface area contributed by atoms with Crippen LogP contribution in [-0.4, -0.2) is 17.6 Å². The number of nitrogens with one attached hydrogen (secondary N) is 2. The first kappa shape index (κ1) is 13.4.